The lowest BCUT2D eigenvalue weighted by atomic mass is 10.1. The monoisotopic (exact) mass is 383 g/mol. The second-order valence-corrected chi connectivity index (χ2v) is 6.11. The topological polar surface area (TPSA) is 38.3 Å². The molecule has 7 heteroatoms. The Kier molecular flexibility index (Phi) is 7.64. The summed E-state index contributed by atoms with van der Waals surface area (Å²) < 4.78 is 54.6. The highest BCUT2D eigenvalue weighted by Gasteiger charge is 2.38. The Labute approximate surface area is 155 Å². The molecule has 0 radical (unpaired) electrons. The second kappa shape index (κ2) is 9.94. The van der Waals surface area contributed by atoms with Crippen molar-refractivity contribution < 1.29 is 27.1 Å². The van der Waals surface area contributed by atoms with Crippen LogP contribution in [0, 0.1) is 5.82 Å². The van der Waals surface area contributed by atoms with Crippen molar-refractivity contribution in [2.75, 3.05) is 6.61 Å². The predicted molar refractivity (Wildman–Crippen MR) is 93.8 cm³/mol. The van der Waals surface area contributed by atoms with E-state index in [0.717, 1.165) is 31.2 Å². The molecule has 2 rings (SSSR count). The van der Waals surface area contributed by atoms with Gasteiger partial charge in [-0.1, -0.05) is 24.3 Å². The maximum atomic E-state index is 12.8. The van der Waals surface area contributed by atoms with E-state index in [4.69, 9.17) is 4.74 Å². The third kappa shape index (κ3) is 7.68. The molecule has 1 N–H and O–H groups in total. The van der Waals surface area contributed by atoms with Gasteiger partial charge in [-0.2, -0.15) is 13.2 Å². The molecule has 0 aliphatic rings. The maximum Gasteiger partial charge on any atom is 0.471 e. The molecule has 2 aromatic carbocycles. The smallest absolute Gasteiger partial charge is 0.471 e. The summed E-state index contributed by atoms with van der Waals surface area (Å²) in [6, 6.07) is 13.0. The van der Waals surface area contributed by atoms with Gasteiger partial charge in [-0.05, 0) is 61.1 Å². The van der Waals surface area contributed by atoms with Crippen LogP contribution in [-0.2, 0) is 17.8 Å². The highest BCUT2D eigenvalue weighted by Crippen LogP contribution is 2.15. The van der Waals surface area contributed by atoms with Gasteiger partial charge in [0.2, 0.25) is 0 Å². The summed E-state index contributed by atoms with van der Waals surface area (Å²) in [7, 11) is 0. The van der Waals surface area contributed by atoms with E-state index in [1.165, 1.54) is 12.1 Å². The third-order valence-corrected chi connectivity index (χ3v) is 3.93. The van der Waals surface area contributed by atoms with E-state index in [0.29, 0.717) is 17.9 Å². The molecule has 27 heavy (non-hydrogen) atoms. The molecule has 0 saturated carbocycles. The van der Waals surface area contributed by atoms with Gasteiger partial charge in [0.15, 0.2) is 0 Å². The molecule has 0 aliphatic heterocycles. The van der Waals surface area contributed by atoms with Gasteiger partial charge < -0.3 is 10.1 Å². The molecule has 0 fully saturated rings. The number of unbranched alkanes of at least 4 members (excludes halogenated alkanes) is 2. The molecule has 0 unspecified atom stereocenters. The summed E-state index contributed by atoms with van der Waals surface area (Å²) in [5.74, 6) is -1.59. The molecule has 2 aromatic rings. The molecule has 0 aromatic heterocycles. The molecule has 0 spiro atoms. The Morgan fingerprint density at radius 1 is 0.889 bits per heavy atom. The number of nitrogens with one attached hydrogen (secondary N) is 1. The van der Waals surface area contributed by atoms with Crippen molar-refractivity contribution in [3.63, 3.8) is 0 Å². The van der Waals surface area contributed by atoms with E-state index in [-0.39, 0.29) is 12.4 Å². The highest BCUT2D eigenvalue weighted by atomic mass is 19.4. The Balaban J connectivity index is 1.61. The zero-order valence-corrected chi connectivity index (χ0v) is 14.7. The molecular weight excluding hydrogens is 362 g/mol. The van der Waals surface area contributed by atoms with Gasteiger partial charge in [0.1, 0.15) is 11.6 Å². The normalized spacial score (nSPS) is 11.3. The first-order valence-electron chi connectivity index (χ1n) is 8.66. The summed E-state index contributed by atoms with van der Waals surface area (Å²) in [5.41, 5.74) is 1.70. The third-order valence-electron chi connectivity index (χ3n) is 3.93. The van der Waals surface area contributed by atoms with Gasteiger partial charge in [-0.3, -0.25) is 4.79 Å². The van der Waals surface area contributed by atoms with Crippen molar-refractivity contribution in [1.29, 1.82) is 0 Å². The Bertz CT molecular complexity index is 712. The van der Waals surface area contributed by atoms with Gasteiger partial charge in [0.25, 0.3) is 0 Å². The van der Waals surface area contributed by atoms with Crippen LogP contribution in [0.3, 0.4) is 0 Å². The van der Waals surface area contributed by atoms with Crippen molar-refractivity contribution in [2.24, 2.45) is 0 Å². The fourth-order valence-corrected chi connectivity index (χ4v) is 2.44. The first-order valence-corrected chi connectivity index (χ1v) is 8.66. The van der Waals surface area contributed by atoms with Crippen molar-refractivity contribution in [3.05, 3.63) is 65.5 Å². The average molecular weight is 383 g/mol. The number of halogens is 4. The van der Waals surface area contributed by atoms with E-state index in [9.17, 15) is 22.4 Å². The Morgan fingerprint density at radius 2 is 1.52 bits per heavy atom. The summed E-state index contributed by atoms with van der Waals surface area (Å²) in [6.07, 6.45) is -1.22. The van der Waals surface area contributed by atoms with E-state index in [1.54, 1.807) is 24.3 Å². The second-order valence-electron chi connectivity index (χ2n) is 6.11. The van der Waals surface area contributed by atoms with Crippen molar-refractivity contribution in [2.45, 2.75) is 38.4 Å². The van der Waals surface area contributed by atoms with Crippen LogP contribution in [0.2, 0.25) is 0 Å². The number of benzene rings is 2. The minimum Gasteiger partial charge on any atom is -0.494 e. The number of amides is 1. The average Bonchev–Trinajstić information content (AvgIpc) is 2.64. The summed E-state index contributed by atoms with van der Waals surface area (Å²) in [6.45, 7) is 0.406. The van der Waals surface area contributed by atoms with Gasteiger partial charge in [-0.15, -0.1) is 0 Å². The molecular formula is C20H21F4NO2. The van der Waals surface area contributed by atoms with E-state index in [2.05, 4.69) is 0 Å². The first-order chi connectivity index (χ1) is 12.8. The fraction of sp³-hybridized carbons (Fsp3) is 0.350. The number of ether oxygens (including phenoxy) is 1. The van der Waals surface area contributed by atoms with Crippen molar-refractivity contribution in [1.82, 2.24) is 5.32 Å². The van der Waals surface area contributed by atoms with Gasteiger partial charge >= 0.3 is 12.1 Å². The summed E-state index contributed by atoms with van der Waals surface area (Å²) in [5, 5.41) is 1.84. The number of aryl methyl sites for hydroxylation is 1. The molecule has 0 aliphatic carbocycles. The summed E-state index contributed by atoms with van der Waals surface area (Å²) in [4.78, 5) is 10.8. The maximum absolute atomic E-state index is 12.8. The molecule has 3 nitrogen and oxygen atoms in total. The Morgan fingerprint density at radius 3 is 2.15 bits per heavy atom. The van der Waals surface area contributed by atoms with Crippen LogP contribution in [-0.4, -0.2) is 18.7 Å². The van der Waals surface area contributed by atoms with E-state index >= 15 is 0 Å². The standard InChI is InChI=1S/C20H21F4NO2/c21-17-9-11-18(12-10-17)27-13-3-1-2-4-15-5-7-16(8-6-15)14-25-19(26)20(22,23)24/h5-12H,1-4,13-14H2,(H,25,26). The van der Waals surface area contributed by atoms with Crippen molar-refractivity contribution >= 4 is 5.91 Å². The number of carbonyl (C=O) groups is 1. The molecule has 146 valence electrons. The number of alkyl halides is 3. The summed E-state index contributed by atoms with van der Waals surface area (Å²) >= 11 is 0. The van der Waals surface area contributed by atoms with Crippen LogP contribution >= 0.6 is 0 Å². The number of carbonyl (C=O) groups excluding carboxylic acids is 1. The lowest BCUT2D eigenvalue weighted by Gasteiger charge is -2.09. The number of hydrogen-bond donors (Lipinski definition) is 1. The number of hydrogen-bond acceptors (Lipinski definition) is 2. The lowest BCUT2D eigenvalue weighted by molar-refractivity contribution is -0.173. The fourth-order valence-electron chi connectivity index (χ4n) is 2.44. The number of rotatable bonds is 9. The highest BCUT2D eigenvalue weighted by molar-refractivity contribution is 5.81. The lowest BCUT2D eigenvalue weighted by Crippen LogP contribution is -2.36. The zero-order chi connectivity index (χ0) is 19.7. The van der Waals surface area contributed by atoms with Gasteiger partial charge in [-0.25, -0.2) is 4.39 Å². The molecule has 0 saturated heterocycles. The largest absolute Gasteiger partial charge is 0.494 e. The van der Waals surface area contributed by atoms with Crippen molar-refractivity contribution in [3.8, 4) is 5.75 Å². The minimum atomic E-state index is -4.86. The minimum absolute atomic E-state index is 0.153. The van der Waals surface area contributed by atoms with Crippen LogP contribution < -0.4 is 10.1 Å². The SMILES string of the molecule is O=C(NCc1ccc(CCCCCOc2ccc(F)cc2)cc1)C(F)(F)F. The molecule has 0 heterocycles. The van der Waals surface area contributed by atoms with Crippen LogP contribution in [0.1, 0.15) is 30.4 Å². The quantitative estimate of drug-likeness (QED) is 0.499. The zero-order valence-electron chi connectivity index (χ0n) is 14.7. The van der Waals surface area contributed by atoms with Crippen LogP contribution in [0.4, 0.5) is 17.6 Å². The first kappa shape index (κ1) is 20.7. The van der Waals surface area contributed by atoms with Crippen LogP contribution in [0.25, 0.3) is 0 Å². The van der Waals surface area contributed by atoms with E-state index in [1.807, 2.05) is 17.4 Å². The molecule has 0 bridgehead atoms. The van der Waals surface area contributed by atoms with Crippen LogP contribution in [0.15, 0.2) is 48.5 Å². The molecule has 1 amide bonds. The van der Waals surface area contributed by atoms with Crippen LogP contribution in [0.5, 0.6) is 5.75 Å². The Hall–Kier alpha value is -2.57. The van der Waals surface area contributed by atoms with Gasteiger partial charge in [0, 0.05) is 6.54 Å². The predicted octanol–water partition coefficient (Wildman–Crippen LogP) is 4.80. The van der Waals surface area contributed by atoms with E-state index < -0.39 is 12.1 Å². The van der Waals surface area contributed by atoms with Gasteiger partial charge in [0.05, 0.1) is 6.61 Å². The molecule has 0 atom stereocenters.